The standard InChI is InChI=1S/C22H28ClN3O3/c1-15-5-6-16(2)19(11-15)26-9-7-25(8-10-26)14-22(27)24-18-12-17(23)20(28-3)13-21(18)29-4/h5-6,11-13H,7-10,14H2,1-4H3,(H,24,27). The largest absolute Gasteiger partial charge is 0.495 e. The summed E-state index contributed by atoms with van der Waals surface area (Å²) in [5.74, 6) is 0.924. The highest BCUT2D eigenvalue weighted by Crippen LogP contribution is 2.35. The Balaban J connectivity index is 1.58. The van der Waals surface area contributed by atoms with Gasteiger partial charge in [-0.25, -0.2) is 0 Å². The van der Waals surface area contributed by atoms with Crippen LogP contribution in [0.25, 0.3) is 0 Å². The number of anilines is 2. The molecule has 1 saturated heterocycles. The van der Waals surface area contributed by atoms with Crippen LogP contribution in [0.4, 0.5) is 11.4 Å². The van der Waals surface area contributed by atoms with Crippen molar-refractivity contribution in [1.82, 2.24) is 4.90 Å². The smallest absolute Gasteiger partial charge is 0.238 e. The van der Waals surface area contributed by atoms with Crippen molar-refractivity contribution in [2.45, 2.75) is 13.8 Å². The zero-order valence-electron chi connectivity index (χ0n) is 17.4. The van der Waals surface area contributed by atoms with Crippen molar-refractivity contribution < 1.29 is 14.3 Å². The molecular formula is C22H28ClN3O3. The zero-order valence-corrected chi connectivity index (χ0v) is 18.2. The third-order valence-corrected chi connectivity index (χ3v) is 5.49. The molecule has 1 aliphatic rings. The first-order valence-corrected chi connectivity index (χ1v) is 10.0. The number of hydrogen-bond donors (Lipinski definition) is 1. The number of piperazine rings is 1. The number of halogens is 1. The number of amides is 1. The van der Waals surface area contributed by atoms with Crippen molar-refractivity contribution in [1.29, 1.82) is 0 Å². The summed E-state index contributed by atoms with van der Waals surface area (Å²) in [6, 6.07) is 9.85. The predicted molar refractivity (Wildman–Crippen MR) is 118 cm³/mol. The van der Waals surface area contributed by atoms with Crippen molar-refractivity contribution in [2.24, 2.45) is 0 Å². The van der Waals surface area contributed by atoms with Crippen molar-refractivity contribution in [2.75, 3.05) is 57.2 Å². The Bertz CT molecular complexity index is 880. The second-order valence-corrected chi connectivity index (χ2v) is 7.70. The van der Waals surface area contributed by atoms with Crippen molar-refractivity contribution in [3.8, 4) is 11.5 Å². The molecule has 1 aliphatic heterocycles. The fraction of sp³-hybridized carbons (Fsp3) is 0.409. The summed E-state index contributed by atoms with van der Waals surface area (Å²) < 4.78 is 10.5. The van der Waals surface area contributed by atoms with Crippen LogP contribution in [-0.2, 0) is 4.79 Å². The van der Waals surface area contributed by atoms with E-state index in [0.717, 1.165) is 26.2 Å². The van der Waals surface area contributed by atoms with Crippen molar-refractivity contribution >= 4 is 28.9 Å². The molecule has 29 heavy (non-hydrogen) atoms. The van der Waals surface area contributed by atoms with Gasteiger partial charge in [-0.2, -0.15) is 0 Å². The van der Waals surface area contributed by atoms with Gasteiger partial charge >= 0.3 is 0 Å². The Labute approximate surface area is 177 Å². The SMILES string of the molecule is COc1cc(OC)c(NC(=O)CN2CCN(c3cc(C)ccc3C)CC2)cc1Cl. The number of nitrogens with one attached hydrogen (secondary N) is 1. The maximum absolute atomic E-state index is 12.6. The number of benzene rings is 2. The van der Waals surface area contributed by atoms with Crippen LogP contribution in [0.3, 0.4) is 0 Å². The highest BCUT2D eigenvalue weighted by atomic mass is 35.5. The molecule has 6 nitrogen and oxygen atoms in total. The van der Waals surface area contributed by atoms with Gasteiger partial charge in [0, 0.05) is 37.9 Å². The Morgan fingerprint density at radius 2 is 1.72 bits per heavy atom. The first kappa shape index (κ1) is 21.3. The van der Waals surface area contributed by atoms with Gasteiger partial charge in [0.15, 0.2) is 0 Å². The average molecular weight is 418 g/mol. The highest BCUT2D eigenvalue weighted by Gasteiger charge is 2.21. The lowest BCUT2D eigenvalue weighted by molar-refractivity contribution is -0.117. The first-order valence-electron chi connectivity index (χ1n) is 9.67. The summed E-state index contributed by atoms with van der Waals surface area (Å²) in [5, 5.41) is 3.32. The van der Waals surface area contributed by atoms with E-state index < -0.39 is 0 Å². The molecule has 0 spiro atoms. The molecule has 1 N–H and O–H groups in total. The minimum Gasteiger partial charge on any atom is -0.495 e. The average Bonchev–Trinajstić information content (AvgIpc) is 2.70. The molecule has 0 bridgehead atoms. The number of carbonyl (C=O) groups excluding carboxylic acids is 1. The van der Waals surface area contributed by atoms with Gasteiger partial charge in [0.25, 0.3) is 0 Å². The molecular weight excluding hydrogens is 390 g/mol. The third kappa shape index (κ3) is 5.14. The van der Waals surface area contributed by atoms with E-state index in [1.54, 1.807) is 19.2 Å². The zero-order chi connectivity index (χ0) is 21.0. The van der Waals surface area contributed by atoms with Crippen molar-refractivity contribution in [3.05, 3.63) is 46.5 Å². The summed E-state index contributed by atoms with van der Waals surface area (Å²) in [4.78, 5) is 17.1. The van der Waals surface area contributed by atoms with E-state index in [1.807, 2.05) is 0 Å². The molecule has 0 aliphatic carbocycles. The van der Waals surface area contributed by atoms with Crippen LogP contribution in [0, 0.1) is 13.8 Å². The molecule has 0 saturated carbocycles. The van der Waals surface area contributed by atoms with Gasteiger partial charge in [-0.3, -0.25) is 9.69 Å². The normalized spacial score (nSPS) is 14.6. The summed E-state index contributed by atoms with van der Waals surface area (Å²) in [6.07, 6.45) is 0. The molecule has 156 valence electrons. The topological polar surface area (TPSA) is 54.0 Å². The predicted octanol–water partition coefficient (Wildman–Crippen LogP) is 3.73. The molecule has 7 heteroatoms. The minimum atomic E-state index is -0.0929. The van der Waals surface area contributed by atoms with Gasteiger partial charge < -0.3 is 19.7 Å². The lowest BCUT2D eigenvalue weighted by Gasteiger charge is -2.36. The van der Waals surface area contributed by atoms with Gasteiger partial charge in [-0.15, -0.1) is 0 Å². The van der Waals surface area contributed by atoms with Gasteiger partial charge in [0.2, 0.25) is 5.91 Å². The second-order valence-electron chi connectivity index (χ2n) is 7.29. The van der Waals surface area contributed by atoms with Crippen LogP contribution in [0.5, 0.6) is 11.5 Å². The number of rotatable bonds is 6. The Morgan fingerprint density at radius 1 is 1.03 bits per heavy atom. The van der Waals surface area contributed by atoms with E-state index in [9.17, 15) is 4.79 Å². The Kier molecular flexibility index (Phi) is 6.87. The lowest BCUT2D eigenvalue weighted by Crippen LogP contribution is -2.48. The molecule has 2 aromatic rings. The van der Waals surface area contributed by atoms with E-state index in [-0.39, 0.29) is 5.91 Å². The molecule has 2 aromatic carbocycles. The molecule has 1 heterocycles. The second kappa shape index (κ2) is 9.37. The van der Waals surface area contributed by atoms with E-state index in [0.29, 0.717) is 28.8 Å². The van der Waals surface area contributed by atoms with Crippen LogP contribution >= 0.6 is 11.6 Å². The molecule has 1 fully saturated rings. The van der Waals surface area contributed by atoms with Crippen LogP contribution in [0.15, 0.2) is 30.3 Å². The van der Waals surface area contributed by atoms with Crippen LogP contribution in [-0.4, -0.2) is 57.8 Å². The number of carbonyl (C=O) groups is 1. The number of nitrogens with zero attached hydrogens (tertiary/aromatic N) is 2. The fourth-order valence-corrected chi connectivity index (χ4v) is 3.80. The van der Waals surface area contributed by atoms with E-state index in [4.69, 9.17) is 21.1 Å². The fourth-order valence-electron chi connectivity index (χ4n) is 3.56. The summed E-state index contributed by atoms with van der Waals surface area (Å²) in [5.41, 5.74) is 4.37. The monoisotopic (exact) mass is 417 g/mol. The quantitative estimate of drug-likeness (QED) is 0.776. The van der Waals surface area contributed by atoms with Gasteiger partial charge in [-0.1, -0.05) is 23.7 Å². The molecule has 3 rings (SSSR count). The third-order valence-electron chi connectivity index (χ3n) is 5.19. The Morgan fingerprint density at radius 3 is 2.38 bits per heavy atom. The summed E-state index contributed by atoms with van der Waals surface area (Å²) in [6.45, 7) is 8.05. The van der Waals surface area contributed by atoms with Crippen LogP contribution < -0.4 is 19.7 Å². The minimum absolute atomic E-state index is 0.0929. The van der Waals surface area contributed by atoms with E-state index >= 15 is 0 Å². The van der Waals surface area contributed by atoms with Crippen LogP contribution in [0.2, 0.25) is 5.02 Å². The maximum Gasteiger partial charge on any atom is 0.238 e. The van der Waals surface area contributed by atoms with Gasteiger partial charge in [-0.05, 0) is 37.1 Å². The summed E-state index contributed by atoms with van der Waals surface area (Å²) in [7, 11) is 3.08. The summed E-state index contributed by atoms with van der Waals surface area (Å²) >= 11 is 6.18. The molecule has 0 atom stereocenters. The van der Waals surface area contributed by atoms with Gasteiger partial charge in [0.1, 0.15) is 11.5 Å². The molecule has 0 radical (unpaired) electrons. The van der Waals surface area contributed by atoms with Crippen LogP contribution in [0.1, 0.15) is 11.1 Å². The Hall–Kier alpha value is -2.44. The maximum atomic E-state index is 12.6. The molecule has 0 aromatic heterocycles. The number of aryl methyl sites for hydroxylation is 2. The molecule has 1 amide bonds. The van der Waals surface area contributed by atoms with Gasteiger partial charge in [0.05, 0.1) is 31.5 Å². The number of methoxy groups -OCH3 is 2. The van der Waals surface area contributed by atoms with E-state index in [1.165, 1.54) is 23.9 Å². The highest BCUT2D eigenvalue weighted by molar-refractivity contribution is 6.32. The molecule has 0 unspecified atom stereocenters. The van der Waals surface area contributed by atoms with Crippen molar-refractivity contribution in [3.63, 3.8) is 0 Å². The first-order chi connectivity index (χ1) is 13.9. The van der Waals surface area contributed by atoms with E-state index in [2.05, 4.69) is 47.2 Å². The lowest BCUT2D eigenvalue weighted by atomic mass is 10.1. The number of ether oxygens (including phenoxy) is 2. The number of hydrogen-bond acceptors (Lipinski definition) is 5.